The standard InChI is InChI=1S/C23H23N5O/c1-17-8-2-3-11-20(17)28-21-12-6-10-19(21)22(26-28)23(29)27(15-7-13-24)16-18-9-4-5-14-25-18/h2-5,8-9,11,14H,6-7,10,12,15-16H2,1H3. The molecule has 2 heterocycles. The van der Waals surface area contributed by atoms with Crippen molar-refractivity contribution in [2.24, 2.45) is 0 Å². The third-order valence-electron chi connectivity index (χ3n) is 5.34. The van der Waals surface area contributed by atoms with Gasteiger partial charge in [-0.25, -0.2) is 4.68 Å². The van der Waals surface area contributed by atoms with E-state index in [0.29, 0.717) is 18.8 Å². The first kappa shape index (κ1) is 18.9. The smallest absolute Gasteiger partial charge is 0.275 e. The van der Waals surface area contributed by atoms with Gasteiger partial charge in [0.05, 0.1) is 30.4 Å². The van der Waals surface area contributed by atoms with Crippen LogP contribution in [0.3, 0.4) is 0 Å². The fourth-order valence-electron chi connectivity index (χ4n) is 3.88. The van der Waals surface area contributed by atoms with Crippen LogP contribution in [0.4, 0.5) is 0 Å². The average Bonchev–Trinajstić information content (AvgIpc) is 3.35. The Morgan fingerprint density at radius 3 is 2.79 bits per heavy atom. The zero-order chi connectivity index (χ0) is 20.2. The molecule has 2 aromatic heterocycles. The number of carbonyl (C=O) groups excluding carboxylic acids is 1. The summed E-state index contributed by atoms with van der Waals surface area (Å²) in [6.45, 7) is 2.78. The minimum Gasteiger partial charge on any atom is -0.330 e. The number of aryl methyl sites for hydroxylation is 1. The number of pyridine rings is 1. The Morgan fingerprint density at radius 2 is 2.03 bits per heavy atom. The van der Waals surface area contributed by atoms with Crippen LogP contribution in [0.5, 0.6) is 0 Å². The first-order chi connectivity index (χ1) is 14.2. The van der Waals surface area contributed by atoms with Crippen LogP contribution in [0.25, 0.3) is 5.69 Å². The van der Waals surface area contributed by atoms with Gasteiger partial charge >= 0.3 is 0 Å². The molecule has 6 heteroatoms. The molecule has 0 atom stereocenters. The number of nitriles is 1. The largest absolute Gasteiger partial charge is 0.330 e. The van der Waals surface area contributed by atoms with Crippen LogP contribution in [0.15, 0.2) is 48.7 Å². The molecule has 0 radical (unpaired) electrons. The highest BCUT2D eigenvalue weighted by Gasteiger charge is 2.30. The van der Waals surface area contributed by atoms with Crippen molar-refractivity contribution in [3.63, 3.8) is 0 Å². The molecular weight excluding hydrogens is 362 g/mol. The van der Waals surface area contributed by atoms with Gasteiger partial charge in [0, 0.05) is 24.0 Å². The number of hydrogen-bond donors (Lipinski definition) is 0. The molecule has 0 fully saturated rings. The minimum atomic E-state index is -0.128. The van der Waals surface area contributed by atoms with E-state index in [-0.39, 0.29) is 12.3 Å². The van der Waals surface area contributed by atoms with Crippen LogP contribution in [-0.2, 0) is 19.4 Å². The van der Waals surface area contributed by atoms with Gasteiger partial charge in [0.25, 0.3) is 5.91 Å². The van der Waals surface area contributed by atoms with Gasteiger partial charge in [0.2, 0.25) is 0 Å². The predicted molar refractivity (Wildman–Crippen MR) is 110 cm³/mol. The van der Waals surface area contributed by atoms with E-state index in [2.05, 4.69) is 24.0 Å². The Morgan fingerprint density at radius 1 is 1.21 bits per heavy atom. The zero-order valence-electron chi connectivity index (χ0n) is 16.5. The first-order valence-electron chi connectivity index (χ1n) is 9.92. The lowest BCUT2D eigenvalue weighted by Gasteiger charge is -2.20. The molecular formula is C23H23N5O. The molecule has 0 spiro atoms. The number of aromatic nitrogens is 3. The van der Waals surface area contributed by atoms with Crippen molar-refractivity contribution in [2.75, 3.05) is 6.54 Å². The van der Waals surface area contributed by atoms with E-state index in [1.807, 2.05) is 41.1 Å². The van der Waals surface area contributed by atoms with Crippen molar-refractivity contribution in [3.05, 3.63) is 76.9 Å². The van der Waals surface area contributed by atoms with E-state index >= 15 is 0 Å². The number of para-hydroxylation sites is 1. The molecule has 29 heavy (non-hydrogen) atoms. The molecule has 146 valence electrons. The molecule has 3 aromatic rings. The summed E-state index contributed by atoms with van der Waals surface area (Å²) >= 11 is 0. The highest BCUT2D eigenvalue weighted by molar-refractivity contribution is 5.94. The van der Waals surface area contributed by atoms with Crippen LogP contribution in [0.2, 0.25) is 0 Å². The third kappa shape index (κ3) is 3.77. The average molecular weight is 385 g/mol. The van der Waals surface area contributed by atoms with Gasteiger partial charge in [-0.15, -0.1) is 0 Å². The van der Waals surface area contributed by atoms with Gasteiger partial charge in [-0.3, -0.25) is 9.78 Å². The second-order valence-electron chi connectivity index (χ2n) is 7.28. The topological polar surface area (TPSA) is 74.8 Å². The van der Waals surface area contributed by atoms with Gasteiger partial charge in [0.1, 0.15) is 0 Å². The monoisotopic (exact) mass is 385 g/mol. The lowest BCUT2D eigenvalue weighted by Crippen LogP contribution is -2.32. The molecule has 1 aromatic carbocycles. The molecule has 1 aliphatic carbocycles. The Balaban J connectivity index is 1.71. The highest BCUT2D eigenvalue weighted by atomic mass is 16.2. The van der Waals surface area contributed by atoms with Crippen LogP contribution in [-0.4, -0.2) is 32.1 Å². The van der Waals surface area contributed by atoms with Crippen molar-refractivity contribution in [1.29, 1.82) is 5.26 Å². The van der Waals surface area contributed by atoms with Gasteiger partial charge in [-0.05, 0) is 49.9 Å². The Bertz CT molecular complexity index is 1060. The molecule has 1 amide bonds. The summed E-state index contributed by atoms with van der Waals surface area (Å²) in [7, 11) is 0. The van der Waals surface area contributed by atoms with Crippen molar-refractivity contribution in [2.45, 2.75) is 39.2 Å². The fourth-order valence-corrected chi connectivity index (χ4v) is 3.88. The van der Waals surface area contributed by atoms with E-state index in [9.17, 15) is 4.79 Å². The van der Waals surface area contributed by atoms with Gasteiger partial charge in [-0.1, -0.05) is 24.3 Å². The summed E-state index contributed by atoms with van der Waals surface area (Å²) in [5.74, 6) is -0.128. The second kappa shape index (κ2) is 8.27. The normalized spacial score (nSPS) is 12.4. The highest BCUT2D eigenvalue weighted by Crippen LogP contribution is 2.29. The number of hydrogen-bond acceptors (Lipinski definition) is 4. The van der Waals surface area contributed by atoms with Crippen molar-refractivity contribution < 1.29 is 4.79 Å². The number of carbonyl (C=O) groups is 1. The summed E-state index contributed by atoms with van der Waals surface area (Å²) < 4.78 is 1.94. The SMILES string of the molecule is Cc1ccccc1-n1nc(C(=O)N(CCC#N)Cc2ccccn2)c2c1CCC2. The van der Waals surface area contributed by atoms with E-state index < -0.39 is 0 Å². The van der Waals surface area contributed by atoms with Crippen molar-refractivity contribution in [1.82, 2.24) is 19.7 Å². The van der Waals surface area contributed by atoms with E-state index in [4.69, 9.17) is 10.4 Å². The predicted octanol–water partition coefficient (Wildman–Crippen LogP) is 3.62. The van der Waals surface area contributed by atoms with Crippen LogP contribution >= 0.6 is 0 Å². The zero-order valence-corrected chi connectivity index (χ0v) is 16.5. The maximum Gasteiger partial charge on any atom is 0.275 e. The lowest BCUT2D eigenvalue weighted by atomic mass is 10.1. The molecule has 0 N–H and O–H groups in total. The number of fused-ring (bicyclic) bond motifs is 1. The molecule has 0 unspecified atom stereocenters. The number of benzene rings is 1. The lowest BCUT2D eigenvalue weighted by molar-refractivity contribution is 0.0737. The van der Waals surface area contributed by atoms with E-state index in [0.717, 1.165) is 47.5 Å². The molecule has 0 saturated carbocycles. The Kier molecular flexibility index (Phi) is 5.39. The third-order valence-corrected chi connectivity index (χ3v) is 5.34. The molecule has 0 saturated heterocycles. The Hall–Kier alpha value is -3.46. The number of rotatable bonds is 6. The van der Waals surface area contributed by atoms with Crippen LogP contribution in [0, 0.1) is 18.3 Å². The maximum absolute atomic E-state index is 13.5. The molecule has 6 nitrogen and oxygen atoms in total. The molecule has 0 bridgehead atoms. The summed E-state index contributed by atoms with van der Waals surface area (Å²) in [6, 6.07) is 15.9. The maximum atomic E-state index is 13.5. The van der Waals surface area contributed by atoms with Gasteiger partial charge in [-0.2, -0.15) is 10.4 Å². The van der Waals surface area contributed by atoms with E-state index in [1.165, 1.54) is 0 Å². The van der Waals surface area contributed by atoms with Crippen molar-refractivity contribution >= 4 is 5.91 Å². The van der Waals surface area contributed by atoms with E-state index in [1.54, 1.807) is 11.1 Å². The fraction of sp³-hybridized carbons (Fsp3) is 0.304. The number of amides is 1. The first-order valence-corrected chi connectivity index (χ1v) is 9.92. The number of nitrogens with zero attached hydrogens (tertiary/aromatic N) is 5. The second-order valence-corrected chi connectivity index (χ2v) is 7.28. The Labute approximate surface area is 170 Å². The summed E-state index contributed by atoms with van der Waals surface area (Å²) in [6.07, 6.45) is 4.80. The van der Waals surface area contributed by atoms with Crippen LogP contribution < -0.4 is 0 Å². The summed E-state index contributed by atoms with van der Waals surface area (Å²) in [5, 5.41) is 13.8. The molecule has 1 aliphatic rings. The summed E-state index contributed by atoms with van der Waals surface area (Å²) in [5.41, 5.74) is 5.61. The quantitative estimate of drug-likeness (QED) is 0.649. The summed E-state index contributed by atoms with van der Waals surface area (Å²) in [4.78, 5) is 19.5. The van der Waals surface area contributed by atoms with Crippen LogP contribution in [0.1, 0.15) is 45.8 Å². The molecule has 4 rings (SSSR count). The van der Waals surface area contributed by atoms with Gasteiger partial charge < -0.3 is 4.90 Å². The van der Waals surface area contributed by atoms with Gasteiger partial charge in [0.15, 0.2) is 5.69 Å². The minimum absolute atomic E-state index is 0.128. The molecule has 0 aliphatic heterocycles. The van der Waals surface area contributed by atoms with Crippen molar-refractivity contribution in [3.8, 4) is 11.8 Å².